The van der Waals surface area contributed by atoms with Crippen molar-refractivity contribution in [3.05, 3.63) is 89.3 Å². The lowest BCUT2D eigenvalue weighted by molar-refractivity contribution is -0.130. The first-order valence-corrected chi connectivity index (χ1v) is 14.0. The number of amides is 1. The van der Waals surface area contributed by atoms with Gasteiger partial charge in [-0.05, 0) is 35.4 Å². The third-order valence-electron chi connectivity index (χ3n) is 7.25. The summed E-state index contributed by atoms with van der Waals surface area (Å²) in [5.74, 6) is 0.570. The van der Waals surface area contributed by atoms with Crippen LogP contribution in [-0.2, 0) is 11.3 Å². The Kier molecular flexibility index (Phi) is 9.09. The van der Waals surface area contributed by atoms with E-state index in [4.69, 9.17) is 21.1 Å². The Morgan fingerprint density at radius 3 is 2.40 bits per heavy atom. The van der Waals surface area contributed by atoms with Crippen molar-refractivity contribution < 1.29 is 18.7 Å². The second kappa shape index (κ2) is 13.1. The molecule has 0 unspecified atom stereocenters. The minimum Gasteiger partial charge on any atom is -0.495 e. The first-order chi connectivity index (χ1) is 20.4. The number of halogens is 2. The fourth-order valence-electron chi connectivity index (χ4n) is 4.96. The monoisotopic (exact) mass is 589 g/mol. The number of para-hydroxylation sites is 1. The highest BCUT2D eigenvalue weighted by Gasteiger charge is 2.21. The molecule has 8 nitrogen and oxygen atoms in total. The van der Waals surface area contributed by atoms with Gasteiger partial charge in [0.05, 0.1) is 14.2 Å². The molecule has 3 aromatic carbocycles. The number of hydrogen-bond acceptors (Lipinski definition) is 7. The molecule has 1 aliphatic rings. The van der Waals surface area contributed by atoms with Gasteiger partial charge >= 0.3 is 0 Å². The summed E-state index contributed by atoms with van der Waals surface area (Å²) in [6.07, 6.45) is 1.88. The molecule has 1 aromatic heterocycles. The van der Waals surface area contributed by atoms with Crippen LogP contribution in [0.4, 0.5) is 27.3 Å². The molecule has 0 bridgehead atoms. The lowest BCUT2D eigenvalue weighted by Crippen LogP contribution is -2.47. The third-order valence-corrected chi connectivity index (χ3v) is 7.63. The molecule has 0 radical (unpaired) electrons. The Hall–Kier alpha value is -4.34. The standard InChI is InChI=1S/C32H33ClFN5O3/c1-21(40)39-15-13-38(14-16-39)20-22-11-12-29(35-19-22)36-24-8-6-7-23(17-24)25-9-4-5-10-26(25)37-32-30(33)27(41-2)18-28(42-3)31(32)34/h4-12,17-19,37H,13-16,20H2,1-3H3,(H,35,36). The second-order valence-electron chi connectivity index (χ2n) is 9.99. The zero-order valence-corrected chi connectivity index (χ0v) is 24.5. The predicted molar refractivity (Wildman–Crippen MR) is 165 cm³/mol. The minimum absolute atomic E-state index is 0.0245. The maximum atomic E-state index is 15.2. The van der Waals surface area contributed by atoms with Crippen LogP contribution in [0.25, 0.3) is 11.1 Å². The van der Waals surface area contributed by atoms with Crippen LogP contribution in [0.2, 0.25) is 5.02 Å². The summed E-state index contributed by atoms with van der Waals surface area (Å²) in [6.45, 7) is 5.63. The molecule has 218 valence electrons. The van der Waals surface area contributed by atoms with Gasteiger partial charge in [-0.3, -0.25) is 9.69 Å². The molecule has 0 saturated carbocycles. The molecule has 5 rings (SSSR count). The summed E-state index contributed by atoms with van der Waals surface area (Å²) < 4.78 is 25.7. The van der Waals surface area contributed by atoms with Gasteiger partial charge in [-0.15, -0.1) is 0 Å². The van der Waals surface area contributed by atoms with Crippen LogP contribution in [0.3, 0.4) is 0 Å². The number of ether oxygens (including phenoxy) is 2. The van der Waals surface area contributed by atoms with Crippen LogP contribution in [-0.4, -0.2) is 61.1 Å². The molecule has 1 aliphatic heterocycles. The zero-order chi connectivity index (χ0) is 29.6. The number of piperazine rings is 1. The number of carbonyl (C=O) groups excluding carboxylic acids is 1. The van der Waals surface area contributed by atoms with E-state index in [1.165, 1.54) is 20.3 Å². The third kappa shape index (κ3) is 6.58. The largest absolute Gasteiger partial charge is 0.495 e. The maximum absolute atomic E-state index is 15.2. The van der Waals surface area contributed by atoms with Gasteiger partial charge in [0.25, 0.3) is 0 Å². The van der Waals surface area contributed by atoms with Crippen molar-refractivity contribution in [3.8, 4) is 22.6 Å². The van der Waals surface area contributed by atoms with Crippen LogP contribution in [0.15, 0.2) is 72.9 Å². The number of aromatic nitrogens is 1. The average molecular weight is 590 g/mol. The number of nitrogens with zero attached hydrogens (tertiary/aromatic N) is 3. The highest BCUT2D eigenvalue weighted by atomic mass is 35.5. The lowest BCUT2D eigenvalue weighted by atomic mass is 10.0. The van der Waals surface area contributed by atoms with E-state index in [1.807, 2.05) is 65.7 Å². The molecular weight excluding hydrogens is 557 g/mol. The topological polar surface area (TPSA) is 79.0 Å². The van der Waals surface area contributed by atoms with Gasteiger partial charge in [0.2, 0.25) is 5.91 Å². The number of rotatable bonds is 9. The highest BCUT2D eigenvalue weighted by Crippen LogP contribution is 2.42. The van der Waals surface area contributed by atoms with Crippen LogP contribution >= 0.6 is 11.6 Å². The molecule has 0 spiro atoms. The molecule has 0 atom stereocenters. The van der Waals surface area contributed by atoms with E-state index in [-0.39, 0.29) is 22.4 Å². The number of methoxy groups -OCH3 is 2. The van der Waals surface area contributed by atoms with E-state index >= 15 is 4.39 Å². The summed E-state index contributed by atoms with van der Waals surface area (Å²) in [4.78, 5) is 20.4. The fraction of sp³-hybridized carbons (Fsp3) is 0.250. The Bertz CT molecular complexity index is 1530. The minimum atomic E-state index is -0.610. The van der Waals surface area contributed by atoms with Gasteiger partial charge in [0, 0.05) is 68.8 Å². The summed E-state index contributed by atoms with van der Waals surface area (Å²) in [6, 6.07) is 21.0. The second-order valence-corrected chi connectivity index (χ2v) is 10.4. The van der Waals surface area contributed by atoms with E-state index in [9.17, 15) is 4.79 Å². The summed E-state index contributed by atoms with van der Waals surface area (Å²) in [7, 11) is 2.86. The number of benzene rings is 3. The smallest absolute Gasteiger partial charge is 0.219 e. The van der Waals surface area contributed by atoms with Gasteiger partial charge in [-0.25, -0.2) is 9.37 Å². The number of carbonyl (C=O) groups is 1. The quantitative estimate of drug-likeness (QED) is 0.225. The van der Waals surface area contributed by atoms with E-state index in [0.29, 0.717) is 11.4 Å². The van der Waals surface area contributed by atoms with Gasteiger partial charge in [-0.1, -0.05) is 48.0 Å². The van der Waals surface area contributed by atoms with Gasteiger partial charge in [0.15, 0.2) is 11.6 Å². The molecule has 4 aromatic rings. The normalized spacial score (nSPS) is 13.5. The molecule has 0 aliphatic carbocycles. The van der Waals surface area contributed by atoms with Crippen LogP contribution in [0, 0.1) is 5.82 Å². The summed E-state index contributed by atoms with van der Waals surface area (Å²) >= 11 is 6.47. The van der Waals surface area contributed by atoms with Gasteiger partial charge < -0.3 is 25.0 Å². The molecule has 1 amide bonds. The van der Waals surface area contributed by atoms with Crippen LogP contribution < -0.4 is 20.1 Å². The Labute approximate surface area is 250 Å². The fourth-order valence-corrected chi connectivity index (χ4v) is 5.22. The first-order valence-electron chi connectivity index (χ1n) is 13.6. The molecule has 10 heteroatoms. The molecule has 1 saturated heterocycles. The highest BCUT2D eigenvalue weighted by molar-refractivity contribution is 6.35. The number of pyridine rings is 1. The SMILES string of the molecule is COc1cc(OC)c(Cl)c(Nc2ccccc2-c2cccc(Nc3ccc(CN4CCN(C(C)=O)CC4)cn3)c2)c1F. The van der Waals surface area contributed by atoms with E-state index in [1.54, 1.807) is 6.92 Å². The van der Waals surface area contributed by atoms with Crippen LogP contribution in [0.1, 0.15) is 12.5 Å². The summed E-state index contributed by atoms with van der Waals surface area (Å²) in [5, 5.41) is 6.65. The van der Waals surface area contributed by atoms with Crippen molar-refractivity contribution >= 4 is 40.4 Å². The maximum Gasteiger partial charge on any atom is 0.219 e. The Morgan fingerprint density at radius 2 is 1.71 bits per heavy atom. The van der Waals surface area contributed by atoms with Gasteiger partial charge in [-0.2, -0.15) is 0 Å². The van der Waals surface area contributed by atoms with Crippen molar-refractivity contribution in [2.45, 2.75) is 13.5 Å². The molecule has 2 N–H and O–H groups in total. The van der Waals surface area contributed by atoms with E-state index in [2.05, 4.69) is 26.6 Å². The average Bonchev–Trinajstić information content (AvgIpc) is 3.01. The van der Waals surface area contributed by atoms with Crippen molar-refractivity contribution in [2.75, 3.05) is 51.0 Å². The van der Waals surface area contributed by atoms with Crippen molar-refractivity contribution in [2.24, 2.45) is 0 Å². The number of nitrogens with one attached hydrogen (secondary N) is 2. The van der Waals surface area contributed by atoms with Crippen LogP contribution in [0.5, 0.6) is 11.5 Å². The lowest BCUT2D eigenvalue weighted by Gasteiger charge is -2.34. The van der Waals surface area contributed by atoms with E-state index in [0.717, 1.165) is 60.9 Å². The predicted octanol–water partition coefficient (Wildman–Crippen LogP) is 6.71. The summed E-state index contributed by atoms with van der Waals surface area (Å²) in [5.41, 5.74) is 4.47. The number of hydrogen-bond donors (Lipinski definition) is 2. The van der Waals surface area contributed by atoms with Crippen molar-refractivity contribution in [1.82, 2.24) is 14.8 Å². The molecular formula is C32H33ClFN5O3. The zero-order valence-electron chi connectivity index (χ0n) is 23.8. The molecule has 1 fully saturated rings. The van der Waals surface area contributed by atoms with Crippen molar-refractivity contribution in [3.63, 3.8) is 0 Å². The Balaban J connectivity index is 1.31. The molecule has 42 heavy (non-hydrogen) atoms. The number of anilines is 4. The van der Waals surface area contributed by atoms with Crippen molar-refractivity contribution in [1.29, 1.82) is 0 Å². The molecule has 2 heterocycles. The van der Waals surface area contributed by atoms with E-state index < -0.39 is 5.82 Å². The van der Waals surface area contributed by atoms with Gasteiger partial charge in [0.1, 0.15) is 22.3 Å². The first kappa shape index (κ1) is 29.2. The Morgan fingerprint density at radius 1 is 0.952 bits per heavy atom.